The van der Waals surface area contributed by atoms with Crippen LogP contribution in [0.5, 0.6) is 0 Å². The minimum Gasteiger partial charge on any atom is -0.320 e. The van der Waals surface area contributed by atoms with Crippen molar-refractivity contribution in [3.8, 4) is 0 Å². The number of hydrogen-bond acceptors (Lipinski definition) is 3. The number of amides is 1. The Balaban J connectivity index is 2.47. The van der Waals surface area contributed by atoms with Crippen molar-refractivity contribution >= 4 is 27.7 Å². The summed E-state index contributed by atoms with van der Waals surface area (Å²) in [4.78, 5) is 15.7. The number of carbonyl (C=O) groups is 1. The summed E-state index contributed by atoms with van der Waals surface area (Å²) in [5.41, 5.74) is 5.73. The first-order valence-electron chi connectivity index (χ1n) is 5.31. The van der Waals surface area contributed by atoms with Crippen LogP contribution < -0.4 is 11.1 Å². The lowest BCUT2D eigenvalue weighted by molar-refractivity contribution is -0.117. The molecule has 0 spiro atoms. The van der Waals surface area contributed by atoms with Gasteiger partial charge in [-0.1, -0.05) is 19.8 Å². The van der Waals surface area contributed by atoms with Gasteiger partial charge in [0.2, 0.25) is 5.91 Å². The van der Waals surface area contributed by atoms with Crippen molar-refractivity contribution in [2.45, 2.75) is 32.2 Å². The lowest BCUT2D eigenvalue weighted by atomic mass is 10.1. The number of nitrogens with one attached hydrogen (secondary N) is 1. The lowest BCUT2D eigenvalue weighted by Crippen LogP contribution is -2.35. The molecule has 1 rings (SSSR count). The summed E-state index contributed by atoms with van der Waals surface area (Å²) >= 11 is 3.27. The molecule has 1 heterocycles. The monoisotopic (exact) mass is 285 g/mol. The predicted octanol–water partition coefficient (Wildman–Crippen LogP) is 2.30. The van der Waals surface area contributed by atoms with Gasteiger partial charge in [0.1, 0.15) is 5.82 Å². The summed E-state index contributed by atoms with van der Waals surface area (Å²) in [6.07, 6.45) is 4.34. The number of unbranched alkanes of at least 4 members (excludes halogenated alkanes) is 1. The molecule has 0 aliphatic carbocycles. The maximum atomic E-state index is 11.6. The second kappa shape index (κ2) is 6.60. The van der Waals surface area contributed by atoms with Crippen molar-refractivity contribution in [3.05, 3.63) is 22.8 Å². The summed E-state index contributed by atoms with van der Waals surface area (Å²) in [6.45, 7) is 2.07. The molecule has 0 aliphatic heterocycles. The first kappa shape index (κ1) is 13.1. The molecule has 0 saturated heterocycles. The van der Waals surface area contributed by atoms with Crippen LogP contribution in [0.25, 0.3) is 0 Å². The standard InChI is InChI=1S/C11H16BrN3O/c1-2-3-4-9(13)11(16)15-10-6-5-8(12)7-14-10/h5-7,9H,2-4,13H2,1H3,(H,14,15,16)/t9-/m0/s1. The molecule has 0 fully saturated rings. The van der Waals surface area contributed by atoms with E-state index in [0.717, 1.165) is 17.3 Å². The quantitative estimate of drug-likeness (QED) is 0.872. The summed E-state index contributed by atoms with van der Waals surface area (Å²) in [6, 6.07) is 3.10. The topological polar surface area (TPSA) is 68.0 Å². The van der Waals surface area contributed by atoms with E-state index in [2.05, 4.69) is 33.2 Å². The average Bonchev–Trinajstić information content (AvgIpc) is 2.29. The molecule has 16 heavy (non-hydrogen) atoms. The Morgan fingerprint density at radius 3 is 2.94 bits per heavy atom. The molecule has 0 aliphatic rings. The second-order valence-electron chi connectivity index (χ2n) is 3.60. The van der Waals surface area contributed by atoms with Gasteiger partial charge in [-0.25, -0.2) is 4.98 Å². The zero-order valence-corrected chi connectivity index (χ0v) is 10.8. The number of nitrogens with two attached hydrogens (primary N) is 1. The first-order chi connectivity index (χ1) is 7.63. The molecule has 1 amide bonds. The van der Waals surface area contributed by atoms with Gasteiger partial charge in [-0.05, 0) is 34.5 Å². The number of aromatic nitrogens is 1. The van der Waals surface area contributed by atoms with Crippen LogP contribution in [0.4, 0.5) is 5.82 Å². The number of rotatable bonds is 5. The van der Waals surface area contributed by atoms with Crippen LogP contribution in [0.15, 0.2) is 22.8 Å². The van der Waals surface area contributed by atoms with E-state index < -0.39 is 6.04 Å². The van der Waals surface area contributed by atoms with E-state index in [9.17, 15) is 4.79 Å². The Morgan fingerprint density at radius 2 is 2.38 bits per heavy atom. The van der Waals surface area contributed by atoms with Gasteiger partial charge < -0.3 is 11.1 Å². The number of hydrogen-bond donors (Lipinski definition) is 2. The zero-order chi connectivity index (χ0) is 12.0. The highest BCUT2D eigenvalue weighted by Gasteiger charge is 2.12. The summed E-state index contributed by atoms with van der Waals surface area (Å²) in [5, 5.41) is 2.68. The predicted molar refractivity (Wildman–Crippen MR) is 68.1 cm³/mol. The fraction of sp³-hybridized carbons (Fsp3) is 0.455. The molecule has 1 aromatic rings. The first-order valence-corrected chi connectivity index (χ1v) is 6.10. The normalized spacial score (nSPS) is 12.2. The fourth-order valence-corrected chi connectivity index (χ4v) is 1.46. The number of carbonyl (C=O) groups excluding carboxylic acids is 1. The Morgan fingerprint density at radius 1 is 1.62 bits per heavy atom. The average molecular weight is 286 g/mol. The van der Waals surface area contributed by atoms with Crippen LogP contribution >= 0.6 is 15.9 Å². The minimum atomic E-state index is -0.453. The Hall–Kier alpha value is -0.940. The zero-order valence-electron chi connectivity index (χ0n) is 9.24. The van der Waals surface area contributed by atoms with E-state index in [1.807, 2.05) is 6.07 Å². The third-order valence-electron chi connectivity index (χ3n) is 2.18. The molecule has 0 aromatic carbocycles. The highest BCUT2D eigenvalue weighted by Crippen LogP contribution is 2.11. The maximum Gasteiger partial charge on any atom is 0.242 e. The Kier molecular flexibility index (Phi) is 5.42. The molecular formula is C11H16BrN3O. The van der Waals surface area contributed by atoms with Crippen molar-refractivity contribution in [2.24, 2.45) is 5.73 Å². The van der Waals surface area contributed by atoms with E-state index in [-0.39, 0.29) is 5.91 Å². The molecule has 1 atom stereocenters. The molecule has 3 N–H and O–H groups in total. The van der Waals surface area contributed by atoms with E-state index in [4.69, 9.17) is 5.73 Å². The van der Waals surface area contributed by atoms with Crippen LogP contribution in [0.2, 0.25) is 0 Å². The van der Waals surface area contributed by atoms with Gasteiger partial charge in [-0.3, -0.25) is 4.79 Å². The Labute approximate surface area is 104 Å². The van der Waals surface area contributed by atoms with E-state index in [0.29, 0.717) is 12.2 Å². The molecule has 0 unspecified atom stereocenters. The molecule has 88 valence electrons. The van der Waals surface area contributed by atoms with Gasteiger partial charge in [0.25, 0.3) is 0 Å². The van der Waals surface area contributed by atoms with Crippen molar-refractivity contribution < 1.29 is 4.79 Å². The fourth-order valence-electron chi connectivity index (χ4n) is 1.22. The van der Waals surface area contributed by atoms with Crippen molar-refractivity contribution in [1.29, 1.82) is 0 Å². The van der Waals surface area contributed by atoms with Crippen LogP contribution in [0.3, 0.4) is 0 Å². The largest absolute Gasteiger partial charge is 0.320 e. The third-order valence-corrected chi connectivity index (χ3v) is 2.65. The maximum absolute atomic E-state index is 11.6. The van der Waals surface area contributed by atoms with Gasteiger partial charge in [0, 0.05) is 10.7 Å². The van der Waals surface area contributed by atoms with Crippen molar-refractivity contribution in [1.82, 2.24) is 4.98 Å². The number of nitrogens with zero attached hydrogens (tertiary/aromatic N) is 1. The molecular weight excluding hydrogens is 270 g/mol. The molecule has 0 radical (unpaired) electrons. The molecule has 0 bridgehead atoms. The van der Waals surface area contributed by atoms with Gasteiger partial charge in [0.05, 0.1) is 6.04 Å². The van der Waals surface area contributed by atoms with Crippen LogP contribution in [0, 0.1) is 0 Å². The molecule has 5 heteroatoms. The van der Waals surface area contributed by atoms with Gasteiger partial charge in [-0.15, -0.1) is 0 Å². The number of anilines is 1. The van der Waals surface area contributed by atoms with Crippen LogP contribution in [-0.2, 0) is 4.79 Å². The van der Waals surface area contributed by atoms with E-state index in [1.54, 1.807) is 12.3 Å². The summed E-state index contributed by atoms with van der Waals surface area (Å²) in [7, 11) is 0. The van der Waals surface area contributed by atoms with Crippen molar-refractivity contribution in [3.63, 3.8) is 0 Å². The van der Waals surface area contributed by atoms with Gasteiger partial charge >= 0.3 is 0 Å². The molecule has 1 aromatic heterocycles. The second-order valence-corrected chi connectivity index (χ2v) is 4.52. The Bertz CT molecular complexity index is 340. The van der Waals surface area contributed by atoms with Crippen molar-refractivity contribution in [2.75, 3.05) is 5.32 Å². The van der Waals surface area contributed by atoms with Crippen LogP contribution in [0.1, 0.15) is 26.2 Å². The lowest BCUT2D eigenvalue weighted by Gasteiger charge is -2.10. The minimum absolute atomic E-state index is 0.178. The van der Waals surface area contributed by atoms with Gasteiger partial charge in [0.15, 0.2) is 0 Å². The highest BCUT2D eigenvalue weighted by atomic mass is 79.9. The van der Waals surface area contributed by atoms with Gasteiger partial charge in [-0.2, -0.15) is 0 Å². The summed E-state index contributed by atoms with van der Waals surface area (Å²) < 4.78 is 0.876. The molecule has 0 saturated carbocycles. The smallest absolute Gasteiger partial charge is 0.242 e. The molecule has 4 nitrogen and oxygen atoms in total. The summed E-state index contributed by atoms with van der Waals surface area (Å²) in [5.74, 6) is 0.350. The highest BCUT2D eigenvalue weighted by molar-refractivity contribution is 9.10. The third kappa shape index (κ3) is 4.28. The van der Waals surface area contributed by atoms with E-state index in [1.165, 1.54) is 0 Å². The SMILES string of the molecule is CCCC[C@H](N)C(=O)Nc1ccc(Br)cn1. The number of halogens is 1. The number of pyridine rings is 1. The van der Waals surface area contributed by atoms with E-state index >= 15 is 0 Å². The van der Waals surface area contributed by atoms with Crippen LogP contribution in [-0.4, -0.2) is 16.9 Å².